The molecule has 0 aliphatic heterocycles. The fourth-order valence-corrected chi connectivity index (χ4v) is 2.01. The maximum Gasteiger partial charge on any atom is 0.284 e. The van der Waals surface area contributed by atoms with Crippen LogP contribution in [0.15, 0.2) is 28.9 Å². The summed E-state index contributed by atoms with van der Waals surface area (Å²) in [6.07, 6.45) is 3.43. The largest absolute Gasteiger partial charge is 0.464 e. The lowest BCUT2D eigenvalue weighted by Gasteiger charge is -2.02. The van der Waals surface area contributed by atoms with Crippen LogP contribution in [0.3, 0.4) is 0 Å². The van der Waals surface area contributed by atoms with E-state index in [1.54, 1.807) is 24.5 Å². The van der Waals surface area contributed by atoms with Crippen molar-refractivity contribution >= 4 is 11.8 Å². The van der Waals surface area contributed by atoms with E-state index in [0.717, 1.165) is 17.1 Å². The summed E-state index contributed by atoms with van der Waals surface area (Å²) in [5.74, 6) is -0.917. The van der Waals surface area contributed by atoms with Crippen LogP contribution in [0.4, 0.5) is 8.78 Å². The summed E-state index contributed by atoms with van der Waals surface area (Å²) >= 11 is 0.554. The lowest BCUT2D eigenvalue weighted by Crippen LogP contribution is -2.13. The van der Waals surface area contributed by atoms with Gasteiger partial charge in [0, 0.05) is 18.9 Å². The topological polar surface area (TPSA) is 51.0 Å². The lowest BCUT2D eigenvalue weighted by molar-refractivity contribution is 0.251. The van der Waals surface area contributed by atoms with E-state index in [1.807, 2.05) is 6.92 Å². The highest BCUT2D eigenvalue weighted by molar-refractivity contribution is 7.98. The number of halogens is 2. The summed E-state index contributed by atoms with van der Waals surface area (Å²) in [6.45, 7) is 2.98. The Morgan fingerprint density at radius 1 is 1.20 bits per heavy atom. The van der Waals surface area contributed by atoms with Crippen LogP contribution in [0.5, 0.6) is 0 Å². The van der Waals surface area contributed by atoms with Crippen LogP contribution in [0.25, 0.3) is 0 Å². The second-order valence-electron chi connectivity index (χ2n) is 4.19. The smallest absolute Gasteiger partial charge is 0.284 e. The third kappa shape index (κ3) is 4.90. The lowest BCUT2D eigenvalue weighted by atomic mass is 10.4. The summed E-state index contributed by atoms with van der Waals surface area (Å²) < 4.78 is 29.5. The maximum absolute atomic E-state index is 12.0. The first-order chi connectivity index (χ1) is 9.63. The standard InChI is InChI=1S/C13H15F2N3OS/c1-9-4-18-10(6-17-9)5-16-7-11-2-3-12(19-11)8-20-13(14)15/h2-4,6,13,16H,5,7-8H2,1H3. The molecule has 1 N–H and O–H groups in total. The van der Waals surface area contributed by atoms with Gasteiger partial charge in [-0.05, 0) is 19.1 Å². The van der Waals surface area contributed by atoms with E-state index in [0.29, 0.717) is 30.6 Å². The molecule has 2 rings (SSSR count). The van der Waals surface area contributed by atoms with Crippen molar-refractivity contribution in [3.05, 3.63) is 47.4 Å². The quantitative estimate of drug-likeness (QED) is 0.851. The number of thioether (sulfide) groups is 1. The molecule has 0 aromatic carbocycles. The van der Waals surface area contributed by atoms with Crippen LogP contribution in [-0.2, 0) is 18.8 Å². The highest BCUT2D eigenvalue weighted by Gasteiger charge is 2.07. The molecule has 0 aliphatic carbocycles. The number of nitrogens with zero attached hydrogens (tertiary/aromatic N) is 2. The van der Waals surface area contributed by atoms with Crippen molar-refractivity contribution in [2.45, 2.75) is 31.5 Å². The number of aryl methyl sites for hydroxylation is 1. The minimum atomic E-state index is -2.37. The first kappa shape index (κ1) is 14.9. The Hall–Kier alpha value is -1.47. The summed E-state index contributed by atoms with van der Waals surface area (Å²) in [5, 5.41) is 3.16. The Bertz CT molecular complexity index is 531. The third-order valence-electron chi connectivity index (χ3n) is 2.51. The van der Waals surface area contributed by atoms with Gasteiger partial charge in [-0.2, -0.15) is 8.78 Å². The second-order valence-corrected chi connectivity index (χ2v) is 5.17. The molecule has 0 spiro atoms. The van der Waals surface area contributed by atoms with E-state index in [-0.39, 0.29) is 5.75 Å². The molecule has 0 atom stereocenters. The molecule has 0 radical (unpaired) electrons. The number of furan rings is 1. The van der Waals surface area contributed by atoms with Crippen LogP contribution in [0.2, 0.25) is 0 Å². The average Bonchev–Trinajstić information content (AvgIpc) is 2.87. The molecule has 20 heavy (non-hydrogen) atoms. The normalized spacial score (nSPS) is 11.2. The fourth-order valence-electron chi connectivity index (χ4n) is 1.56. The van der Waals surface area contributed by atoms with Crippen LogP contribution in [0, 0.1) is 6.92 Å². The Morgan fingerprint density at radius 2 is 2.00 bits per heavy atom. The highest BCUT2D eigenvalue weighted by Crippen LogP contribution is 2.21. The molecule has 4 nitrogen and oxygen atoms in total. The first-order valence-electron chi connectivity index (χ1n) is 6.09. The van der Waals surface area contributed by atoms with Crippen molar-refractivity contribution in [1.82, 2.24) is 15.3 Å². The maximum atomic E-state index is 12.0. The zero-order valence-corrected chi connectivity index (χ0v) is 11.8. The molecule has 0 aliphatic rings. The molecule has 0 saturated heterocycles. The van der Waals surface area contributed by atoms with Gasteiger partial charge in [-0.3, -0.25) is 9.97 Å². The van der Waals surface area contributed by atoms with Crippen molar-refractivity contribution in [1.29, 1.82) is 0 Å². The van der Waals surface area contributed by atoms with E-state index in [4.69, 9.17) is 4.42 Å². The molecule has 0 saturated carbocycles. The molecule has 108 valence electrons. The molecule has 0 fully saturated rings. The fraction of sp³-hybridized carbons (Fsp3) is 0.385. The van der Waals surface area contributed by atoms with Gasteiger partial charge in [-0.15, -0.1) is 0 Å². The molecule has 0 unspecified atom stereocenters. The minimum absolute atomic E-state index is 0.182. The number of aromatic nitrogens is 2. The molecule has 2 heterocycles. The zero-order chi connectivity index (χ0) is 14.4. The predicted octanol–water partition coefficient (Wildman–Crippen LogP) is 3.12. The van der Waals surface area contributed by atoms with E-state index in [2.05, 4.69) is 15.3 Å². The van der Waals surface area contributed by atoms with Gasteiger partial charge in [0.1, 0.15) is 11.5 Å². The van der Waals surface area contributed by atoms with E-state index in [9.17, 15) is 8.78 Å². The van der Waals surface area contributed by atoms with Gasteiger partial charge in [-0.25, -0.2) is 0 Å². The van der Waals surface area contributed by atoms with Crippen molar-refractivity contribution in [3.8, 4) is 0 Å². The Morgan fingerprint density at radius 3 is 2.70 bits per heavy atom. The Balaban J connectivity index is 1.75. The average molecular weight is 299 g/mol. The summed E-state index contributed by atoms with van der Waals surface area (Å²) in [6, 6.07) is 3.51. The van der Waals surface area contributed by atoms with Gasteiger partial charge >= 0.3 is 0 Å². The summed E-state index contributed by atoms with van der Waals surface area (Å²) in [5.41, 5.74) is 1.72. The molecule has 0 bridgehead atoms. The van der Waals surface area contributed by atoms with Crippen molar-refractivity contribution in [2.75, 3.05) is 0 Å². The SMILES string of the molecule is Cc1cnc(CNCc2ccc(CSC(F)F)o2)cn1. The van der Waals surface area contributed by atoms with Crippen molar-refractivity contribution < 1.29 is 13.2 Å². The number of alkyl halides is 2. The van der Waals surface area contributed by atoms with E-state index < -0.39 is 5.76 Å². The first-order valence-corrected chi connectivity index (χ1v) is 7.14. The zero-order valence-electron chi connectivity index (χ0n) is 11.0. The highest BCUT2D eigenvalue weighted by atomic mass is 32.2. The predicted molar refractivity (Wildman–Crippen MR) is 73.3 cm³/mol. The minimum Gasteiger partial charge on any atom is -0.464 e. The number of hydrogen-bond acceptors (Lipinski definition) is 5. The Kier molecular flexibility index (Phi) is 5.49. The van der Waals surface area contributed by atoms with Crippen LogP contribution < -0.4 is 5.32 Å². The summed E-state index contributed by atoms with van der Waals surface area (Å²) in [7, 11) is 0. The molecule has 2 aromatic rings. The van der Waals surface area contributed by atoms with Gasteiger partial charge in [0.15, 0.2) is 0 Å². The van der Waals surface area contributed by atoms with Gasteiger partial charge in [-0.1, -0.05) is 11.8 Å². The van der Waals surface area contributed by atoms with Crippen molar-refractivity contribution in [2.24, 2.45) is 0 Å². The van der Waals surface area contributed by atoms with Crippen LogP contribution in [0.1, 0.15) is 22.9 Å². The molecule has 2 aromatic heterocycles. The van der Waals surface area contributed by atoms with E-state index >= 15 is 0 Å². The Labute approximate surface area is 120 Å². The van der Waals surface area contributed by atoms with Crippen molar-refractivity contribution in [3.63, 3.8) is 0 Å². The third-order valence-corrected chi connectivity index (χ3v) is 3.21. The number of nitrogens with one attached hydrogen (secondary N) is 1. The monoisotopic (exact) mass is 299 g/mol. The van der Waals surface area contributed by atoms with Gasteiger partial charge in [0.2, 0.25) is 0 Å². The van der Waals surface area contributed by atoms with Gasteiger partial charge in [0.05, 0.1) is 23.7 Å². The second kappa shape index (κ2) is 7.35. The van der Waals surface area contributed by atoms with Crippen LogP contribution >= 0.6 is 11.8 Å². The summed E-state index contributed by atoms with van der Waals surface area (Å²) in [4.78, 5) is 8.37. The van der Waals surface area contributed by atoms with Crippen LogP contribution in [-0.4, -0.2) is 15.7 Å². The number of rotatable bonds is 7. The van der Waals surface area contributed by atoms with Gasteiger partial charge < -0.3 is 9.73 Å². The molecular weight excluding hydrogens is 284 g/mol. The molecule has 7 heteroatoms. The van der Waals surface area contributed by atoms with Gasteiger partial charge in [0.25, 0.3) is 5.76 Å². The molecular formula is C13H15F2N3OS. The van der Waals surface area contributed by atoms with E-state index in [1.165, 1.54) is 0 Å². The molecule has 0 amide bonds. The number of hydrogen-bond donors (Lipinski definition) is 1.